The Bertz CT molecular complexity index is 1220. The Morgan fingerprint density at radius 2 is 1.89 bits per heavy atom. The number of benzene rings is 2. The van der Waals surface area contributed by atoms with Crippen LogP contribution in [0.4, 0.5) is 5.69 Å². The van der Waals surface area contributed by atoms with Crippen LogP contribution in [0.5, 0.6) is 11.5 Å². The largest absolute Gasteiger partial charge is 0.494 e. The molecule has 0 atom stereocenters. The molecule has 0 fully saturated rings. The van der Waals surface area contributed by atoms with Crippen LogP contribution in [0.3, 0.4) is 0 Å². The van der Waals surface area contributed by atoms with Gasteiger partial charge in [-0.25, -0.2) is 0 Å². The molecule has 0 spiro atoms. The summed E-state index contributed by atoms with van der Waals surface area (Å²) in [6.07, 6.45) is 0. The zero-order chi connectivity index (χ0) is 27.5. The van der Waals surface area contributed by atoms with Crippen LogP contribution in [0.15, 0.2) is 28.3 Å². The first-order chi connectivity index (χ1) is 17.4. The molecule has 9 heteroatoms. The third-order valence-corrected chi connectivity index (χ3v) is 6.50. The van der Waals surface area contributed by atoms with E-state index in [1.807, 2.05) is 30.0 Å². The molecule has 0 unspecified atom stereocenters. The summed E-state index contributed by atoms with van der Waals surface area (Å²) in [6, 6.07) is 7.60. The van der Waals surface area contributed by atoms with Gasteiger partial charge in [-0.2, -0.15) is 4.02 Å². The van der Waals surface area contributed by atoms with E-state index in [2.05, 4.69) is 65.4 Å². The number of hydrogen-bond donors (Lipinski definition) is 2. The number of halogens is 1. The summed E-state index contributed by atoms with van der Waals surface area (Å²) in [5.41, 5.74) is 4.28. The normalized spacial score (nSPS) is 14.1. The number of Topliss-reactive ketones (excluding diaryl/α,β-unsaturated/α-hetero) is 1. The molecule has 0 radical (unpaired) electrons. The number of nitrogens with one attached hydrogen (secondary N) is 2. The maximum absolute atomic E-state index is 13.7. The second-order valence-electron chi connectivity index (χ2n) is 10.4. The number of carbonyl (C=O) groups is 2. The van der Waals surface area contributed by atoms with Crippen molar-refractivity contribution in [3.8, 4) is 11.5 Å². The summed E-state index contributed by atoms with van der Waals surface area (Å²) in [4.78, 5) is 28.1. The molecular weight excluding hydrogens is 536 g/mol. The maximum atomic E-state index is 13.7. The van der Waals surface area contributed by atoms with Crippen molar-refractivity contribution < 1.29 is 19.1 Å². The summed E-state index contributed by atoms with van der Waals surface area (Å²) in [6.45, 7) is 13.3. The van der Waals surface area contributed by atoms with Gasteiger partial charge in [-0.3, -0.25) is 9.59 Å². The summed E-state index contributed by atoms with van der Waals surface area (Å²) < 4.78 is 15.8. The molecule has 1 aliphatic rings. The molecule has 0 saturated carbocycles. The van der Waals surface area contributed by atoms with Gasteiger partial charge < -0.3 is 25.0 Å². The Kier molecular flexibility index (Phi) is 8.89. The summed E-state index contributed by atoms with van der Waals surface area (Å²) in [5, 5.41) is 6.09. The van der Waals surface area contributed by atoms with E-state index in [0.717, 1.165) is 28.1 Å². The molecule has 0 bridgehead atoms. The number of hydrogen-bond acceptors (Lipinski definition) is 6. The van der Waals surface area contributed by atoms with Crippen molar-refractivity contribution in [3.63, 3.8) is 0 Å². The van der Waals surface area contributed by atoms with Gasteiger partial charge in [0.15, 0.2) is 5.78 Å². The monoisotopic (exact) mass is 572 g/mol. The molecule has 3 rings (SSSR count). The van der Waals surface area contributed by atoms with Crippen molar-refractivity contribution in [3.05, 3.63) is 52.1 Å². The van der Waals surface area contributed by atoms with E-state index >= 15 is 0 Å². The van der Waals surface area contributed by atoms with Crippen LogP contribution >= 0.6 is 16.1 Å². The fraction of sp³-hybridized carbons (Fsp3) is 0.464. The first kappa shape index (κ1) is 28.5. The highest BCUT2D eigenvalue weighted by Crippen LogP contribution is 2.39. The Labute approximate surface area is 228 Å². The third kappa shape index (κ3) is 6.09. The number of carbonyl (C=O) groups excluding carboxylic acids is 2. The molecule has 0 aromatic heterocycles. The minimum atomic E-state index is -0.243. The van der Waals surface area contributed by atoms with Crippen molar-refractivity contribution in [2.45, 2.75) is 59.5 Å². The second-order valence-corrected chi connectivity index (χ2v) is 10.7. The number of amidine groups is 1. The van der Waals surface area contributed by atoms with Crippen LogP contribution in [-0.4, -0.2) is 55.8 Å². The highest BCUT2D eigenvalue weighted by molar-refractivity contribution is 9.08. The molecule has 2 aromatic rings. The zero-order valence-electron chi connectivity index (χ0n) is 22.9. The molecule has 1 heterocycles. The lowest BCUT2D eigenvalue weighted by Gasteiger charge is -2.26. The van der Waals surface area contributed by atoms with Gasteiger partial charge in [-0.15, -0.1) is 0 Å². The Balaban J connectivity index is 1.99. The predicted molar refractivity (Wildman–Crippen MR) is 152 cm³/mol. The van der Waals surface area contributed by atoms with E-state index in [4.69, 9.17) is 9.47 Å². The molecule has 1 amide bonds. The van der Waals surface area contributed by atoms with Crippen molar-refractivity contribution in [2.24, 2.45) is 4.02 Å². The molecule has 0 saturated heterocycles. The summed E-state index contributed by atoms with van der Waals surface area (Å²) >= 11 is 3.23. The predicted octanol–water partition coefficient (Wildman–Crippen LogP) is 5.33. The van der Waals surface area contributed by atoms with E-state index in [1.165, 1.54) is 0 Å². The average molecular weight is 574 g/mol. The first-order valence-electron chi connectivity index (χ1n) is 12.4. The lowest BCUT2D eigenvalue weighted by molar-refractivity contribution is 0.0953. The fourth-order valence-electron chi connectivity index (χ4n) is 4.48. The van der Waals surface area contributed by atoms with Gasteiger partial charge in [0.2, 0.25) is 0 Å². The number of amides is 1. The lowest BCUT2D eigenvalue weighted by Crippen LogP contribution is -2.31. The quantitative estimate of drug-likeness (QED) is 0.395. The molecule has 1 aliphatic heterocycles. The number of nitrogens with zero attached hydrogens (tertiary/aromatic N) is 2. The van der Waals surface area contributed by atoms with Crippen LogP contribution in [0, 0.1) is 0 Å². The molecular formula is C28H37BrN4O4. The van der Waals surface area contributed by atoms with Crippen molar-refractivity contribution in [2.75, 3.05) is 32.6 Å². The molecule has 8 nitrogen and oxygen atoms in total. The number of methoxy groups -OCH3 is 1. The minimum absolute atomic E-state index is 0.0435. The van der Waals surface area contributed by atoms with Gasteiger partial charge in [-0.1, -0.05) is 20.8 Å². The van der Waals surface area contributed by atoms with Gasteiger partial charge in [-0.05, 0) is 56.0 Å². The van der Waals surface area contributed by atoms with E-state index < -0.39 is 0 Å². The summed E-state index contributed by atoms with van der Waals surface area (Å²) in [5.74, 6) is 1.57. The fourth-order valence-corrected chi connectivity index (χ4v) is 4.89. The minimum Gasteiger partial charge on any atom is -0.494 e. The number of fused-ring (bicyclic) bond motifs is 1. The zero-order valence-corrected chi connectivity index (χ0v) is 24.5. The topological polar surface area (TPSA) is 92.3 Å². The third-order valence-electron chi connectivity index (χ3n) is 6.16. The number of anilines is 1. The summed E-state index contributed by atoms with van der Waals surface area (Å²) in [7, 11) is 3.24. The van der Waals surface area contributed by atoms with Crippen LogP contribution in [0.1, 0.15) is 78.9 Å². The van der Waals surface area contributed by atoms with E-state index in [-0.39, 0.29) is 29.7 Å². The maximum Gasteiger partial charge on any atom is 0.254 e. The van der Waals surface area contributed by atoms with Crippen LogP contribution in [0.25, 0.3) is 0 Å². The van der Waals surface area contributed by atoms with Crippen molar-refractivity contribution >= 4 is 39.4 Å². The van der Waals surface area contributed by atoms with Crippen LogP contribution in [-0.2, 0) is 12.0 Å². The van der Waals surface area contributed by atoms with Gasteiger partial charge in [0, 0.05) is 36.3 Å². The van der Waals surface area contributed by atoms with Gasteiger partial charge in [0.05, 0.1) is 47.7 Å². The highest BCUT2D eigenvalue weighted by atomic mass is 79.9. The van der Waals surface area contributed by atoms with Gasteiger partial charge in [0.1, 0.15) is 17.3 Å². The molecule has 200 valence electrons. The molecule has 0 aliphatic carbocycles. The van der Waals surface area contributed by atoms with Gasteiger partial charge >= 0.3 is 0 Å². The number of ether oxygens (including phenoxy) is 2. The standard InChI is InChI=1S/C28H37BrN4O4/c1-9-37-24-12-18-14-33(26(32-29)19(18)13-20(24)27(35)30-7)15-23(34)17-10-21(28(4,5)6)25(36-8)22(11-17)31-16(2)3/h10-13,16,31H,9,14-15H2,1-8H3,(H,30,35)/b32-26-. The Morgan fingerprint density at radius 3 is 2.43 bits per heavy atom. The smallest absolute Gasteiger partial charge is 0.254 e. The van der Waals surface area contributed by atoms with Gasteiger partial charge in [0.25, 0.3) is 5.91 Å². The SMILES string of the molecule is CCOc1cc2c(cc1C(=O)NC)/C(=N/Br)N(CC(=O)c1cc(NC(C)C)c(OC)c(C(C)(C)C)c1)C2. The number of rotatable bonds is 9. The van der Waals surface area contributed by atoms with Crippen LogP contribution in [0.2, 0.25) is 0 Å². The lowest BCUT2D eigenvalue weighted by atomic mass is 9.84. The molecule has 37 heavy (non-hydrogen) atoms. The Morgan fingerprint density at radius 1 is 1.19 bits per heavy atom. The number of ketones is 1. The molecule has 2 N–H and O–H groups in total. The highest BCUT2D eigenvalue weighted by Gasteiger charge is 2.31. The van der Waals surface area contributed by atoms with Crippen molar-refractivity contribution in [1.82, 2.24) is 10.2 Å². The molecule has 2 aromatic carbocycles. The Hall–Kier alpha value is -3.07. The van der Waals surface area contributed by atoms with Crippen LogP contribution < -0.4 is 20.1 Å². The first-order valence-corrected chi connectivity index (χ1v) is 13.1. The van der Waals surface area contributed by atoms with Crippen molar-refractivity contribution in [1.29, 1.82) is 0 Å². The second kappa shape index (κ2) is 11.5. The van der Waals surface area contributed by atoms with E-state index in [9.17, 15) is 9.59 Å². The van der Waals surface area contributed by atoms with E-state index in [0.29, 0.717) is 35.9 Å². The average Bonchev–Trinajstić information content (AvgIpc) is 3.17. The van der Waals surface area contributed by atoms with E-state index in [1.54, 1.807) is 20.2 Å².